The minimum absolute atomic E-state index is 0.251. The Morgan fingerprint density at radius 3 is 1.22 bits per heavy atom. The molecule has 4 N–H and O–H groups in total. The SMILES string of the molecule is O=C(N[C@H](CO)c1ccccc1)c1ccccc1-c1ccccc1C(=O)N[C@H](CO)c1ccccc1. The van der Waals surface area contributed by atoms with Gasteiger partial charge in [-0.15, -0.1) is 0 Å². The minimum atomic E-state index is -0.568. The van der Waals surface area contributed by atoms with E-state index in [1.165, 1.54) is 0 Å². The van der Waals surface area contributed by atoms with Crippen molar-refractivity contribution in [3.8, 4) is 11.1 Å². The first-order valence-electron chi connectivity index (χ1n) is 11.7. The molecule has 0 aliphatic heterocycles. The normalized spacial score (nSPS) is 12.4. The van der Waals surface area contributed by atoms with Crippen LogP contribution in [0.4, 0.5) is 0 Å². The van der Waals surface area contributed by atoms with Gasteiger partial charge in [-0.3, -0.25) is 9.59 Å². The molecule has 4 rings (SSSR count). The van der Waals surface area contributed by atoms with Gasteiger partial charge < -0.3 is 20.8 Å². The van der Waals surface area contributed by atoms with Gasteiger partial charge in [-0.2, -0.15) is 0 Å². The first-order valence-corrected chi connectivity index (χ1v) is 11.7. The number of nitrogens with one attached hydrogen (secondary N) is 2. The lowest BCUT2D eigenvalue weighted by atomic mass is 9.94. The van der Waals surface area contributed by atoms with Crippen LogP contribution < -0.4 is 10.6 Å². The van der Waals surface area contributed by atoms with Crippen molar-refractivity contribution < 1.29 is 19.8 Å². The zero-order valence-electron chi connectivity index (χ0n) is 19.7. The van der Waals surface area contributed by atoms with Gasteiger partial charge in [0.05, 0.1) is 25.3 Å². The monoisotopic (exact) mass is 480 g/mol. The largest absolute Gasteiger partial charge is 0.394 e. The number of benzene rings is 4. The molecule has 0 radical (unpaired) electrons. The summed E-state index contributed by atoms with van der Waals surface area (Å²) < 4.78 is 0. The Hall–Kier alpha value is -4.26. The van der Waals surface area contributed by atoms with E-state index in [1.54, 1.807) is 36.4 Å². The maximum absolute atomic E-state index is 13.3. The predicted molar refractivity (Wildman–Crippen MR) is 139 cm³/mol. The molecule has 2 amide bonds. The fourth-order valence-electron chi connectivity index (χ4n) is 4.14. The highest BCUT2D eigenvalue weighted by Crippen LogP contribution is 2.28. The van der Waals surface area contributed by atoms with Crippen LogP contribution in [0.5, 0.6) is 0 Å². The van der Waals surface area contributed by atoms with Gasteiger partial charge in [-0.25, -0.2) is 0 Å². The highest BCUT2D eigenvalue weighted by Gasteiger charge is 2.22. The Balaban J connectivity index is 1.63. The summed E-state index contributed by atoms with van der Waals surface area (Å²) in [6.45, 7) is -0.502. The summed E-state index contributed by atoms with van der Waals surface area (Å²) in [4.78, 5) is 26.6. The van der Waals surface area contributed by atoms with Crippen LogP contribution in [-0.4, -0.2) is 35.2 Å². The molecule has 0 aliphatic rings. The third-order valence-corrected chi connectivity index (χ3v) is 6.01. The highest BCUT2D eigenvalue weighted by molar-refractivity contribution is 6.06. The molecule has 0 fully saturated rings. The van der Waals surface area contributed by atoms with Crippen LogP contribution in [0.15, 0.2) is 109 Å². The summed E-state index contributed by atoms with van der Waals surface area (Å²) in [6.07, 6.45) is 0. The van der Waals surface area contributed by atoms with Crippen LogP contribution in [0.1, 0.15) is 43.9 Å². The van der Waals surface area contributed by atoms with E-state index < -0.39 is 12.1 Å². The van der Waals surface area contributed by atoms with E-state index in [-0.39, 0.29) is 25.0 Å². The summed E-state index contributed by atoms with van der Waals surface area (Å²) in [5, 5.41) is 25.6. The number of aliphatic hydroxyl groups is 2. The quantitative estimate of drug-likeness (QED) is 0.287. The van der Waals surface area contributed by atoms with Gasteiger partial charge in [0.1, 0.15) is 0 Å². The van der Waals surface area contributed by atoms with E-state index in [4.69, 9.17) is 0 Å². The summed E-state index contributed by atoms with van der Waals surface area (Å²) in [5.41, 5.74) is 3.53. The molecule has 2 atom stereocenters. The third-order valence-electron chi connectivity index (χ3n) is 6.01. The van der Waals surface area contributed by atoms with E-state index in [2.05, 4.69) is 10.6 Å². The molecule has 4 aromatic carbocycles. The van der Waals surface area contributed by atoms with Gasteiger partial charge in [0.25, 0.3) is 11.8 Å². The third kappa shape index (κ3) is 5.68. The standard InChI is InChI=1S/C30H28N2O4/c33-19-27(21-11-3-1-4-12-21)31-29(35)25-17-9-7-15-23(25)24-16-8-10-18-26(24)30(36)32-28(20-34)22-13-5-2-6-14-22/h1-18,27-28,33-34H,19-20H2,(H,31,35)(H,32,36)/t27-,28-/m1/s1. The van der Waals surface area contributed by atoms with E-state index in [1.807, 2.05) is 72.8 Å². The van der Waals surface area contributed by atoms with Gasteiger partial charge in [0.15, 0.2) is 0 Å². The molecule has 0 saturated carbocycles. The molecular formula is C30H28N2O4. The summed E-state index contributed by atoms with van der Waals surface area (Å²) in [7, 11) is 0. The summed E-state index contributed by atoms with van der Waals surface area (Å²) in [6, 6.07) is 31.5. The van der Waals surface area contributed by atoms with E-state index >= 15 is 0 Å². The molecule has 0 spiro atoms. The summed E-state index contributed by atoms with van der Waals surface area (Å²) >= 11 is 0. The van der Waals surface area contributed by atoms with Gasteiger partial charge in [0, 0.05) is 11.1 Å². The molecule has 0 aromatic heterocycles. The molecule has 0 saturated heterocycles. The molecule has 0 bridgehead atoms. The molecular weight excluding hydrogens is 452 g/mol. The van der Waals surface area contributed by atoms with Gasteiger partial charge >= 0.3 is 0 Å². The lowest BCUT2D eigenvalue weighted by molar-refractivity contribution is 0.0907. The Morgan fingerprint density at radius 2 is 0.861 bits per heavy atom. The van der Waals surface area contributed by atoms with Crippen LogP contribution in [-0.2, 0) is 0 Å². The van der Waals surface area contributed by atoms with Crippen LogP contribution in [0, 0.1) is 0 Å². The molecule has 6 heteroatoms. The van der Waals surface area contributed by atoms with Crippen LogP contribution >= 0.6 is 0 Å². The number of hydrogen-bond acceptors (Lipinski definition) is 4. The average Bonchev–Trinajstić information content (AvgIpc) is 2.95. The highest BCUT2D eigenvalue weighted by atomic mass is 16.3. The van der Waals surface area contributed by atoms with Crippen molar-refractivity contribution in [2.24, 2.45) is 0 Å². The van der Waals surface area contributed by atoms with Crippen molar-refractivity contribution in [2.45, 2.75) is 12.1 Å². The second-order valence-corrected chi connectivity index (χ2v) is 8.33. The zero-order chi connectivity index (χ0) is 25.3. The van der Waals surface area contributed by atoms with Gasteiger partial charge in [-0.05, 0) is 34.4 Å². The average molecular weight is 481 g/mol. The maximum Gasteiger partial charge on any atom is 0.252 e. The Morgan fingerprint density at radius 1 is 0.528 bits per heavy atom. The van der Waals surface area contributed by atoms with Crippen LogP contribution in [0.3, 0.4) is 0 Å². The first kappa shape index (κ1) is 24.9. The molecule has 36 heavy (non-hydrogen) atoms. The molecule has 6 nitrogen and oxygen atoms in total. The first-order chi connectivity index (χ1) is 17.6. The molecule has 0 aliphatic carbocycles. The van der Waals surface area contributed by atoms with Gasteiger partial charge in [-0.1, -0.05) is 97.1 Å². The fourth-order valence-corrected chi connectivity index (χ4v) is 4.14. The predicted octanol–water partition coefficient (Wildman–Crippen LogP) is 4.28. The van der Waals surface area contributed by atoms with Crippen molar-refractivity contribution in [1.29, 1.82) is 0 Å². The van der Waals surface area contributed by atoms with Gasteiger partial charge in [0.2, 0.25) is 0 Å². The molecule has 4 aromatic rings. The Bertz CT molecular complexity index is 1210. The lowest BCUT2D eigenvalue weighted by Gasteiger charge is -2.20. The van der Waals surface area contributed by atoms with Crippen LogP contribution in [0.2, 0.25) is 0 Å². The minimum Gasteiger partial charge on any atom is -0.394 e. The summed E-state index contributed by atoms with van der Waals surface area (Å²) in [5.74, 6) is -0.720. The number of carbonyl (C=O) groups is 2. The van der Waals surface area contributed by atoms with Crippen molar-refractivity contribution in [3.63, 3.8) is 0 Å². The van der Waals surface area contributed by atoms with E-state index in [0.29, 0.717) is 22.3 Å². The van der Waals surface area contributed by atoms with Crippen molar-refractivity contribution in [3.05, 3.63) is 131 Å². The number of amides is 2. The molecule has 182 valence electrons. The number of rotatable bonds is 9. The maximum atomic E-state index is 13.3. The fraction of sp³-hybridized carbons (Fsp3) is 0.133. The lowest BCUT2D eigenvalue weighted by Crippen LogP contribution is -2.32. The number of carbonyl (C=O) groups excluding carboxylic acids is 2. The second kappa shape index (κ2) is 11.9. The van der Waals surface area contributed by atoms with Crippen molar-refractivity contribution >= 4 is 11.8 Å². The van der Waals surface area contributed by atoms with Crippen LogP contribution in [0.25, 0.3) is 11.1 Å². The second-order valence-electron chi connectivity index (χ2n) is 8.33. The smallest absolute Gasteiger partial charge is 0.252 e. The van der Waals surface area contributed by atoms with Crippen molar-refractivity contribution in [1.82, 2.24) is 10.6 Å². The topological polar surface area (TPSA) is 98.7 Å². The molecule has 0 unspecified atom stereocenters. The number of aliphatic hydroxyl groups excluding tert-OH is 2. The zero-order valence-corrected chi connectivity index (χ0v) is 19.7. The van der Waals surface area contributed by atoms with Crippen molar-refractivity contribution in [2.75, 3.05) is 13.2 Å². The van der Waals surface area contributed by atoms with E-state index in [0.717, 1.165) is 11.1 Å². The Labute approximate surface area is 210 Å². The van der Waals surface area contributed by atoms with E-state index in [9.17, 15) is 19.8 Å². The molecule has 0 heterocycles. The number of hydrogen-bond donors (Lipinski definition) is 4. The Kier molecular flexibility index (Phi) is 8.24.